The topological polar surface area (TPSA) is 95.9 Å². The monoisotopic (exact) mass is 1340 g/mol. The Morgan fingerprint density at radius 2 is 0.495 bits per heavy atom. The van der Waals surface area contributed by atoms with Crippen molar-refractivity contribution in [2.75, 3.05) is 13.2 Å². The van der Waals surface area contributed by atoms with Gasteiger partial charge in [0.2, 0.25) is 5.91 Å². The quantitative estimate of drug-likeness (QED) is 0.0320. The van der Waals surface area contributed by atoms with Gasteiger partial charge in [0.05, 0.1) is 25.4 Å². The second-order valence-corrected chi connectivity index (χ2v) is 30.6. The van der Waals surface area contributed by atoms with Gasteiger partial charge in [-0.05, 0) is 57.8 Å². The maximum atomic E-state index is 12.6. The molecule has 564 valence electrons. The molecular weight excluding hydrogens is 1160 g/mol. The first kappa shape index (κ1) is 93.3. The molecule has 0 radical (unpaired) electrons. The van der Waals surface area contributed by atoms with E-state index in [2.05, 4.69) is 31.3 Å². The Hall–Kier alpha value is -1.66. The lowest BCUT2D eigenvalue weighted by molar-refractivity contribution is -0.143. The van der Waals surface area contributed by atoms with Crippen molar-refractivity contribution < 1.29 is 24.5 Å². The van der Waals surface area contributed by atoms with Gasteiger partial charge in [0.1, 0.15) is 0 Å². The van der Waals surface area contributed by atoms with Crippen LogP contribution in [0.25, 0.3) is 0 Å². The number of carbonyl (C=O) groups is 2. The van der Waals surface area contributed by atoms with E-state index in [9.17, 15) is 19.8 Å². The molecule has 0 aromatic carbocycles. The Balaban J connectivity index is 3.35. The average molecular weight is 1340 g/mol. The van der Waals surface area contributed by atoms with Crippen molar-refractivity contribution in [3.63, 3.8) is 0 Å². The minimum Gasteiger partial charge on any atom is -0.466 e. The summed E-state index contributed by atoms with van der Waals surface area (Å²) in [5, 5.41) is 23.3. The number of carbonyl (C=O) groups excluding carboxylic acids is 2. The molecule has 0 bridgehead atoms. The lowest BCUT2D eigenvalue weighted by atomic mass is 10.0. The maximum absolute atomic E-state index is 12.6. The summed E-state index contributed by atoms with van der Waals surface area (Å²) in [6, 6.07) is -0.627. The molecule has 0 rings (SSSR count). The highest BCUT2D eigenvalue weighted by Crippen LogP contribution is 2.21. The van der Waals surface area contributed by atoms with Gasteiger partial charge in [-0.15, -0.1) is 0 Å². The van der Waals surface area contributed by atoms with E-state index in [1.165, 1.54) is 443 Å². The molecule has 1 amide bonds. The lowest BCUT2D eigenvalue weighted by Gasteiger charge is -2.20. The Morgan fingerprint density at radius 1 is 0.284 bits per heavy atom. The van der Waals surface area contributed by atoms with Crippen LogP contribution in [-0.4, -0.2) is 47.4 Å². The predicted molar refractivity (Wildman–Crippen MR) is 421 cm³/mol. The normalized spacial score (nSPS) is 12.5. The van der Waals surface area contributed by atoms with Crippen molar-refractivity contribution in [3.05, 3.63) is 24.3 Å². The van der Waals surface area contributed by atoms with Crippen LogP contribution in [0.15, 0.2) is 24.3 Å². The van der Waals surface area contributed by atoms with Crippen LogP contribution in [0.1, 0.15) is 508 Å². The highest BCUT2D eigenvalue weighted by Gasteiger charge is 2.18. The van der Waals surface area contributed by atoms with Gasteiger partial charge in [-0.3, -0.25) is 9.59 Å². The number of unbranched alkanes of at least 4 members (excludes halogenated alkanes) is 71. The molecule has 2 unspecified atom stereocenters. The molecule has 0 heterocycles. The summed E-state index contributed by atoms with van der Waals surface area (Å²) in [6.45, 7) is 4.98. The second kappa shape index (κ2) is 84.8. The number of esters is 1. The molecule has 0 spiro atoms. The van der Waals surface area contributed by atoms with E-state index in [1.807, 2.05) is 6.08 Å². The molecule has 3 N–H and O–H groups in total. The minimum absolute atomic E-state index is 0.0257. The molecule has 0 saturated carbocycles. The van der Waals surface area contributed by atoms with Gasteiger partial charge in [0, 0.05) is 12.8 Å². The third-order valence-electron chi connectivity index (χ3n) is 21.0. The van der Waals surface area contributed by atoms with Crippen molar-refractivity contribution >= 4 is 11.9 Å². The zero-order valence-electron chi connectivity index (χ0n) is 64.9. The zero-order valence-corrected chi connectivity index (χ0v) is 64.9. The van der Waals surface area contributed by atoms with E-state index in [4.69, 9.17) is 4.74 Å². The van der Waals surface area contributed by atoms with Crippen LogP contribution in [0.2, 0.25) is 0 Å². The number of aliphatic hydroxyl groups excluding tert-OH is 2. The molecule has 0 fully saturated rings. The fourth-order valence-corrected chi connectivity index (χ4v) is 14.3. The van der Waals surface area contributed by atoms with Gasteiger partial charge >= 0.3 is 5.97 Å². The summed E-state index contributed by atoms with van der Waals surface area (Å²) < 4.78 is 5.52. The van der Waals surface area contributed by atoms with Gasteiger partial charge in [-0.1, -0.05) is 462 Å². The van der Waals surface area contributed by atoms with Gasteiger partial charge in [-0.2, -0.15) is 0 Å². The smallest absolute Gasteiger partial charge is 0.305 e. The number of hydrogen-bond acceptors (Lipinski definition) is 5. The molecule has 6 nitrogen and oxygen atoms in total. The Labute approximate surface area is 596 Å². The first-order valence-corrected chi connectivity index (χ1v) is 44.1. The summed E-state index contributed by atoms with van der Waals surface area (Å²) >= 11 is 0. The van der Waals surface area contributed by atoms with Crippen LogP contribution < -0.4 is 5.32 Å². The van der Waals surface area contributed by atoms with E-state index in [0.29, 0.717) is 19.4 Å². The summed E-state index contributed by atoms with van der Waals surface area (Å²) in [6.07, 6.45) is 111. The van der Waals surface area contributed by atoms with E-state index < -0.39 is 12.1 Å². The van der Waals surface area contributed by atoms with Crippen LogP contribution in [0.5, 0.6) is 0 Å². The minimum atomic E-state index is -0.844. The SMILES string of the molecule is CCCCCCCCCCCCCCCCCCCCCCCCC/C=C/C(O)C(CO)NC(=O)CCCCCCCCCCCCCCCCCCC/C=C\CCCCCCCCCCCCCCCCOC(=O)CCCCCCCCCCCCCCCCCCCC. The van der Waals surface area contributed by atoms with E-state index in [-0.39, 0.29) is 18.5 Å². The van der Waals surface area contributed by atoms with Gasteiger partial charge in [0.25, 0.3) is 0 Å². The summed E-state index contributed by atoms with van der Waals surface area (Å²) in [5.41, 5.74) is 0. The van der Waals surface area contributed by atoms with Crippen LogP contribution in [0.3, 0.4) is 0 Å². The first-order chi connectivity index (χ1) is 47.0. The van der Waals surface area contributed by atoms with Gasteiger partial charge in [-0.25, -0.2) is 0 Å². The van der Waals surface area contributed by atoms with Crippen molar-refractivity contribution in [3.8, 4) is 0 Å². The highest BCUT2D eigenvalue weighted by molar-refractivity contribution is 5.76. The fourth-order valence-electron chi connectivity index (χ4n) is 14.3. The number of amides is 1. The third-order valence-corrected chi connectivity index (χ3v) is 21.0. The maximum Gasteiger partial charge on any atom is 0.305 e. The molecule has 0 aliphatic rings. The van der Waals surface area contributed by atoms with Crippen molar-refractivity contribution in [2.45, 2.75) is 520 Å². The standard InChI is InChI=1S/C89H173NO5/c1-3-5-7-9-11-13-15-17-19-21-23-24-25-37-40-43-46-49-53-57-61-65-69-73-77-81-87(92)86(85-91)90-88(93)82-78-74-70-66-62-58-54-50-47-44-41-38-35-33-31-29-27-26-28-30-32-34-36-39-42-45-48-52-56-60-64-68-72-76-80-84-95-89(94)83-79-75-71-67-63-59-55-51-22-20-18-16-14-12-10-8-6-4-2/h28,30,77,81,86-87,91-92H,3-27,29,31-76,78-80,82-85H2,1-2H3,(H,90,93)/b30-28-,81-77+. The van der Waals surface area contributed by atoms with Crippen LogP contribution >= 0.6 is 0 Å². The van der Waals surface area contributed by atoms with Crippen molar-refractivity contribution in [1.82, 2.24) is 5.32 Å². The van der Waals surface area contributed by atoms with Gasteiger partial charge < -0.3 is 20.3 Å². The van der Waals surface area contributed by atoms with Crippen molar-refractivity contribution in [2.24, 2.45) is 0 Å². The molecule has 0 aliphatic heterocycles. The summed E-state index contributed by atoms with van der Waals surface area (Å²) in [4.78, 5) is 24.7. The fraction of sp³-hybridized carbons (Fsp3) is 0.933. The first-order valence-electron chi connectivity index (χ1n) is 44.1. The number of rotatable bonds is 84. The molecule has 0 aromatic rings. The van der Waals surface area contributed by atoms with E-state index in [1.54, 1.807) is 6.08 Å². The number of allylic oxidation sites excluding steroid dienone is 3. The summed E-state index contributed by atoms with van der Waals surface area (Å²) in [5.74, 6) is -0.0326. The Bertz CT molecular complexity index is 1500. The largest absolute Gasteiger partial charge is 0.466 e. The van der Waals surface area contributed by atoms with Crippen LogP contribution in [0, 0.1) is 0 Å². The number of aliphatic hydroxyl groups is 2. The van der Waals surface area contributed by atoms with E-state index >= 15 is 0 Å². The highest BCUT2D eigenvalue weighted by atomic mass is 16.5. The average Bonchev–Trinajstić information content (AvgIpc) is 3.42. The summed E-state index contributed by atoms with van der Waals surface area (Å²) in [7, 11) is 0. The van der Waals surface area contributed by atoms with Crippen molar-refractivity contribution in [1.29, 1.82) is 0 Å². The number of hydrogen-bond donors (Lipinski definition) is 3. The lowest BCUT2D eigenvalue weighted by Crippen LogP contribution is -2.45. The molecule has 2 atom stereocenters. The molecule has 6 heteroatoms. The molecule has 0 saturated heterocycles. The predicted octanol–water partition coefficient (Wildman–Crippen LogP) is 29.6. The van der Waals surface area contributed by atoms with E-state index in [0.717, 1.165) is 38.5 Å². The number of ether oxygens (including phenoxy) is 1. The Kier molecular flexibility index (Phi) is 83.3. The third kappa shape index (κ3) is 81.2. The molecular formula is C89H173NO5. The Morgan fingerprint density at radius 3 is 0.747 bits per heavy atom. The zero-order chi connectivity index (χ0) is 68.4. The second-order valence-electron chi connectivity index (χ2n) is 30.6. The van der Waals surface area contributed by atoms with Crippen LogP contribution in [0.4, 0.5) is 0 Å². The van der Waals surface area contributed by atoms with Gasteiger partial charge in [0.15, 0.2) is 0 Å². The number of nitrogens with one attached hydrogen (secondary N) is 1. The molecule has 0 aliphatic carbocycles. The molecule has 0 aromatic heterocycles. The molecule has 95 heavy (non-hydrogen) atoms. The van der Waals surface area contributed by atoms with Crippen LogP contribution in [-0.2, 0) is 14.3 Å².